The van der Waals surface area contributed by atoms with Crippen LogP contribution in [0.25, 0.3) is 10.8 Å². The van der Waals surface area contributed by atoms with E-state index in [1.165, 1.54) is 5.56 Å². The molecule has 5 heteroatoms. The molecule has 3 aromatic rings. The maximum Gasteiger partial charge on any atom is 0.271 e. The predicted molar refractivity (Wildman–Crippen MR) is 124 cm³/mol. The lowest BCUT2D eigenvalue weighted by Crippen LogP contribution is -2.44. The third kappa shape index (κ3) is 4.76. The van der Waals surface area contributed by atoms with E-state index in [1.807, 2.05) is 48.5 Å². The van der Waals surface area contributed by atoms with Crippen molar-refractivity contribution in [3.63, 3.8) is 0 Å². The number of benzene rings is 2. The second kappa shape index (κ2) is 9.29. The quantitative estimate of drug-likeness (QED) is 0.590. The molecular weight excluding hydrogens is 386 g/mol. The van der Waals surface area contributed by atoms with Crippen molar-refractivity contribution in [1.82, 2.24) is 10.3 Å². The fraction of sp³-hybridized carbons (Fsp3) is 0.346. The van der Waals surface area contributed by atoms with E-state index in [0.29, 0.717) is 11.6 Å². The second-order valence-corrected chi connectivity index (χ2v) is 8.67. The number of aromatic nitrogens is 1. The van der Waals surface area contributed by atoms with Crippen LogP contribution >= 0.6 is 0 Å². The van der Waals surface area contributed by atoms with Crippen molar-refractivity contribution in [3.05, 3.63) is 78.1 Å². The van der Waals surface area contributed by atoms with Crippen molar-refractivity contribution in [2.45, 2.75) is 45.8 Å². The zero-order valence-electron chi connectivity index (χ0n) is 18.3. The molecule has 1 amide bonds. The highest BCUT2D eigenvalue weighted by atomic mass is 16.6. The van der Waals surface area contributed by atoms with Crippen LogP contribution in [0.3, 0.4) is 0 Å². The van der Waals surface area contributed by atoms with Crippen LogP contribution in [0.15, 0.2) is 72.0 Å². The van der Waals surface area contributed by atoms with Gasteiger partial charge in [-0.25, -0.2) is 0 Å². The summed E-state index contributed by atoms with van der Waals surface area (Å²) >= 11 is 0. The molecule has 1 aliphatic rings. The third-order valence-electron chi connectivity index (χ3n) is 5.86. The van der Waals surface area contributed by atoms with E-state index in [2.05, 4.69) is 48.4 Å². The van der Waals surface area contributed by atoms with Gasteiger partial charge in [-0.2, -0.15) is 0 Å². The molecule has 0 saturated carbocycles. The zero-order valence-corrected chi connectivity index (χ0v) is 18.3. The molecule has 0 fully saturated rings. The van der Waals surface area contributed by atoms with Crippen molar-refractivity contribution >= 4 is 22.4 Å². The van der Waals surface area contributed by atoms with Gasteiger partial charge in [0.25, 0.3) is 5.91 Å². The summed E-state index contributed by atoms with van der Waals surface area (Å²) in [5, 5.41) is 9.49. The molecule has 0 spiro atoms. The fourth-order valence-corrected chi connectivity index (χ4v) is 4.19. The van der Waals surface area contributed by atoms with Gasteiger partial charge in [-0.3, -0.25) is 9.78 Å². The first kappa shape index (κ1) is 21.0. The van der Waals surface area contributed by atoms with Crippen molar-refractivity contribution < 1.29 is 9.63 Å². The first-order chi connectivity index (χ1) is 15.0. The zero-order chi connectivity index (χ0) is 21.8. The van der Waals surface area contributed by atoms with Crippen LogP contribution in [0.1, 0.15) is 43.2 Å². The minimum Gasteiger partial charge on any atom is -0.391 e. The van der Waals surface area contributed by atoms with Crippen LogP contribution in [0, 0.1) is 11.8 Å². The maximum atomic E-state index is 13.2. The van der Waals surface area contributed by atoms with Gasteiger partial charge in [0.15, 0.2) is 0 Å². The Morgan fingerprint density at radius 2 is 1.81 bits per heavy atom. The standard InChI is InChI=1S/C26H29N3O2/c1-17(2)15-22(24-18(3)23(31-29-24)16-19-9-5-4-6-10-19)28-26(30)25-21-12-8-7-11-20(21)13-14-27-25/h4-14,17-18,22-23H,15-16H2,1-3H3,(H,28,30)/t18?,22-,23?/m0/s1. The van der Waals surface area contributed by atoms with Gasteiger partial charge in [0, 0.05) is 23.9 Å². The highest BCUT2D eigenvalue weighted by Crippen LogP contribution is 2.26. The van der Waals surface area contributed by atoms with Gasteiger partial charge in [0.05, 0.1) is 11.8 Å². The summed E-state index contributed by atoms with van der Waals surface area (Å²) in [6.45, 7) is 6.44. The van der Waals surface area contributed by atoms with E-state index in [9.17, 15) is 4.79 Å². The number of hydrogen-bond acceptors (Lipinski definition) is 4. The second-order valence-electron chi connectivity index (χ2n) is 8.67. The van der Waals surface area contributed by atoms with Crippen LogP contribution < -0.4 is 5.32 Å². The number of carbonyl (C=O) groups excluding carboxylic acids is 1. The molecule has 1 N–H and O–H groups in total. The topological polar surface area (TPSA) is 63.6 Å². The molecular formula is C26H29N3O2. The van der Waals surface area contributed by atoms with Gasteiger partial charge in [-0.05, 0) is 29.4 Å². The number of nitrogens with one attached hydrogen (secondary N) is 1. The predicted octanol–water partition coefficient (Wildman–Crippen LogP) is 5.01. The molecule has 1 aromatic heterocycles. The van der Waals surface area contributed by atoms with Crippen LogP contribution in [0.5, 0.6) is 0 Å². The molecule has 1 aliphatic heterocycles. The molecule has 0 aliphatic carbocycles. The van der Waals surface area contributed by atoms with Gasteiger partial charge < -0.3 is 10.2 Å². The molecule has 5 nitrogen and oxygen atoms in total. The Balaban J connectivity index is 1.53. The first-order valence-electron chi connectivity index (χ1n) is 10.9. The highest BCUT2D eigenvalue weighted by Gasteiger charge is 2.36. The minimum absolute atomic E-state index is 0.0281. The first-order valence-corrected chi connectivity index (χ1v) is 10.9. The summed E-state index contributed by atoms with van der Waals surface area (Å²) in [5.41, 5.74) is 2.57. The van der Waals surface area contributed by atoms with E-state index in [0.717, 1.165) is 29.3 Å². The van der Waals surface area contributed by atoms with E-state index >= 15 is 0 Å². The molecule has 2 aromatic carbocycles. The van der Waals surface area contributed by atoms with Gasteiger partial charge in [0.2, 0.25) is 0 Å². The van der Waals surface area contributed by atoms with Crippen molar-refractivity contribution in [2.75, 3.05) is 0 Å². The summed E-state index contributed by atoms with van der Waals surface area (Å²) in [4.78, 5) is 23.4. The van der Waals surface area contributed by atoms with Gasteiger partial charge in [0.1, 0.15) is 11.8 Å². The lowest BCUT2D eigenvalue weighted by atomic mass is 9.87. The monoisotopic (exact) mass is 415 g/mol. The highest BCUT2D eigenvalue weighted by molar-refractivity contribution is 6.07. The Labute approximate surface area is 183 Å². The minimum atomic E-state index is -0.191. The Morgan fingerprint density at radius 1 is 1.06 bits per heavy atom. The van der Waals surface area contributed by atoms with E-state index in [1.54, 1.807) is 6.20 Å². The van der Waals surface area contributed by atoms with E-state index in [-0.39, 0.29) is 24.0 Å². The largest absolute Gasteiger partial charge is 0.391 e. The summed E-state index contributed by atoms with van der Waals surface area (Å²) < 4.78 is 0. The number of nitrogens with zero attached hydrogens (tertiary/aromatic N) is 2. The lowest BCUT2D eigenvalue weighted by molar-refractivity contribution is 0.0660. The maximum absolute atomic E-state index is 13.2. The summed E-state index contributed by atoms with van der Waals surface area (Å²) in [6, 6.07) is 19.8. The Hall–Kier alpha value is -3.21. The molecule has 2 unspecified atom stereocenters. The number of oxime groups is 1. The molecule has 3 atom stereocenters. The molecule has 4 rings (SSSR count). The average molecular weight is 416 g/mol. The van der Waals surface area contributed by atoms with Crippen molar-refractivity contribution in [1.29, 1.82) is 0 Å². The number of hydrogen-bond donors (Lipinski definition) is 1. The smallest absolute Gasteiger partial charge is 0.271 e. The Bertz CT molecular complexity index is 1070. The average Bonchev–Trinajstić information content (AvgIpc) is 3.13. The Kier molecular flexibility index (Phi) is 6.31. The van der Waals surface area contributed by atoms with Crippen LogP contribution in [-0.4, -0.2) is 28.7 Å². The molecule has 0 bridgehead atoms. The summed E-state index contributed by atoms with van der Waals surface area (Å²) in [6.07, 6.45) is 3.24. The summed E-state index contributed by atoms with van der Waals surface area (Å²) in [7, 11) is 0. The fourth-order valence-electron chi connectivity index (χ4n) is 4.19. The van der Waals surface area contributed by atoms with Crippen LogP contribution in [0.4, 0.5) is 0 Å². The number of amides is 1. The Morgan fingerprint density at radius 3 is 2.58 bits per heavy atom. The SMILES string of the molecule is CC(C)C[C@H](NC(=O)c1nccc2ccccc12)C1=NOC(Cc2ccccc2)C1C. The van der Waals surface area contributed by atoms with E-state index < -0.39 is 0 Å². The molecule has 160 valence electrons. The number of fused-ring (bicyclic) bond motifs is 1. The molecule has 0 radical (unpaired) electrons. The van der Waals surface area contributed by atoms with Crippen molar-refractivity contribution in [3.8, 4) is 0 Å². The normalized spacial score (nSPS) is 19.2. The van der Waals surface area contributed by atoms with Crippen molar-refractivity contribution in [2.24, 2.45) is 17.0 Å². The van der Waals surface area contributed by atoms with Gasteiger partial charge in [-0.1, -0.05) is 80.5 Å². The summed E-state index contributed by atoms with van der Waals surface area (Å²) in [5.74, 6) is 0.336. The van der Waals surface area contributed by atoms with Gasteiger partial charge >= 0.3 is 0 Å². The molecule has 31 heavy (non-hydrogen) atoms. The van der Waals surface area contributed by atoms with E-state index in [4.69, 9.17) is 4.84 Å². The van der Waals surface area contributed by atoms with Crippen LogP contribution in [0.2, 0.25) is 0 Å². The third-order valence-corrected chi connectivity index (χ3v) is 5.86. The molecule has 2 heterocycles. The molecule has 0 saturated heterocycles. The number of carbonyl (C=O) groups is 1. The number of pyridine rings is 1. The lowest BCUT2D eigenvalue weighted by Gasteiger charge is -2.23. The number of rotatable bonds is 7. The van der Waals surface area contributed by atoms with Crippen LogP contribution in [-0.2, 0) is 11.3 Å². The van der Waals surface area contributed by atoms with Gasteiger partial charge in [-0.15, -0.1) is 0 Å².